The third kappa shape index (κ3) is 4.21. The quantitative estimate of drug-likeness (QED) is 0.673. The highest BCUT2D eigenvalue weighted by Crippen LogP contribution is 2.49. The molecule has 0 aliphatic heterocycles. The standard InChI is InChI=1S/C16H17NO.C4H4N2O2.C3H8/c1-4-8-13-11(5-2)12-9-6-7-10-14(12)16(13,3)15(17)18;5-1-2(6)4(8)3(1)7;1-3-2/h4-10H,1H2,2-3H3,(H2,17,18);5-6H2;3H2,1-2H3/b11-5?,13-8+;;. The largest absolute Gasteiger partial charge is 0.394 e. The van der Waals surface area contributed by atoms with Crippen LogP contribution in [0.2, 0.25) is 0 Å². The van der Waals surface area contributed by atoms with Crippen LogP contribution in [0.1, 0.15) is 45.2 Å². The number of carbonyl (C=O) groups excluding carboxylic acids is 1. The SMILES string of the molecule is C=C/C=C1\C(=CC)c2ccccc2C1(C)C(N)=O.CCC.Nc1c(N)c(=O)c1=O. The summed E-state index contributed by atoms with van der Waals surface area (Å²) in [5, 5.41) is 0. The highest BCUT2D eigenvalue weighted by atomic mass is 16.2. The van der Waals surface area contributed by atoms with Gasteiger partial charge in [0.1, 0.15) is 11.4 Å². The van der Waals surface area contributed by atoms with Crippen LogP contribution in [0.25, 0.3) is 5.57 Å². The first-order valence-corrected chi connectivity index (χ1v) is 9.37. The van der Waals surface area contributed by atoms with Gasteiger partial charge < -0.3 is 17.2 Å². The van der Waals surface area contributed by atoms with Crippen molar-refractivity contribution in [3.05, 3.63) is 86.2 Å². The Morgan fingerprint density at radius 2 is 1.59 bits per heavy atom. The Labute approximate surface area is 171 Å². The van der Waals surface area contributed by atoms with Gasteiger partial charge in [-0.1, -0.05) is 69.3 Å². The fraction of sp³-hybridized carbons (Fsp3) is 0.261. The van der Waals surface area contributed by atoms with Crippen LogP contribution in [0.4, 0.5) is 11.4 Å². The van der Waals surface area contributed by atoms with Crippen LogP contribution in [0.5, 0.6) is 0 Å². The molecule has 29 heavy (non-hydrogen) atoms. The number of rotatable bonds is 2. The van der Waals surface area contributed by atoms with Crippen molar-refractivity contribution in [3.8, 4) is 0 Å². The summed E-state index contributed by atoms with van der Waals surface area (Å²) in [7, 11) is 0. The van der Waals surface area contributed by atoms with E-state index in [4.69, 9.17) is 17.2 Å². The van der Waals surface area contributed by atoms with E-state index in [-0.39, 0.29) is 17.3 Å². The minimum Gasteiger partial charge on any atom is -0.394 e. The molecule has 2 aromatic carbocycles. The van der Waals surface area contributed by atoms with Gasteiger partial charge in [0.2, 0.25) is 5.91 Å². The van der Waals surface area contributed by atoms with Crippen LogP contribution >= 0.6 is 0 Å². The molecule has 0 radical (unpaired) electrons. The maximum atomic E-state index is 12.0. The summed E-state index contributed by atoms with van der Waals surface area (Å²) in [5.74, 6) is -0.333. The first-order chi connectivity index (χ1) is 13.6. The highest BCUT2D eigenvalue weighted by Gasteiger charge is 2.45. The molecule has 0 saturated carbocycles. The van der Waals surface area contributed by atoms with Crippen molar-refractivity contribution in [2.75, 3.05) is 11.5 Å². The van der Waals surface area contributed by atoms with E-state index in [9.17, 15) is 14.4 Å². The summed E-state index contributed by atoms with van der Waals surface area (Å²) in [6.07, 6.45) is 6.84. The van der Waals surface area contributed by atoms with Gasteiger partial charge in [-0.25, -0.2) is 0 Å². The van der Waals surface area contributed by atoms with E-state index >= 15 is 0 Å². The van der Waals surface area contributed by atoms with Crippen LogP contribution in [0.3, 0.4) is 0 Å². The van der Waals surface area contributed by atoms with Crippen molar-refractivity contribution in [2.24, 2.45) is 5.73 Å². The number of amides is 1. The Kier molecular flexibility index (Phi) is 7.89. The molecule has 1 aliphatic rings. The van der Waals surface area contributed by atoms with E-state index in [1.807, 2.05) is 50.3 Å². The predicted octanol–water partition coefficient (Wildman–Crippen LogP) is 2.82. The molecule has 3 rings (SSSR count). The van der Waals surface area contributed by atoms with Crippen molar-refractivity contribution >= 4 is 22.9 Å². The Bertz CT molecular complexity index is 1010. The van der Waals surface area contributed by atoms with Crippen molar-refractivity contribution in [1.82, 2.24) is 0 Å². The van der Waals surface area contributed by atoms with Gasteiger partial charge in [-0.15, -0.1) is 0 Å². The Balaban J connectivity index is 0.000000317. The third-order valence-electron chi connectivity index (χ3n) is 4.64. The molecule has 154 valence electrons. The number of nitrogen functional groups attached to an aromatic ring is 2. The molecule has 0 aromatic heterocycles. The fourth-order valence-corrected chi connectivity index (χ4v) is 3.09. The number of fused-ring (bicyclic) bond motifs is 1. The molecule has 6 heteroatoms. The summed E-state index contributed by atoms with van der Waals surface area (Å²) in [4.78, 5) is 32.3. The number of carbonyl (C=O) groups is 1. The zero-order chi connectivity index (χ0) is 22.4. The Morgan fingerprint density at radius 3 is 1.97 bits per heavy atom. The topological polar surface area (TPSA) is 129 Å². The molecule has 1 aliphatic carbocycles. The maximum Gasteiger partial charge on any atom is 0.253 e. The van der Waals surface area contributed by atoms with E-state index in [1.165, 1.54) is 6.42 Å². The van der Waals surface area contributed by atoms with E-state index < -0.39 is 16.3 Å². The Hall–Kier alpha value is -3.41. The van der Waals surface area contributed by atoms with E-state index in [1.54, 1.807) is 6.08 Å². The predicted molar refractivity (Wildman–Crippen MR) is 121 cm³/mol. The van der Waals surface area contributed by atoms with Gasteiger partial charge in [-0.05, 0) is 36.1 Å². The van der Waals surface area contributed by atoms with Gasteiger partial charge in [-0.2, -0.15) is 0 Å². The normalized spacial score (nSPS) is 19.7. The lowest BCUT2D eigenvalue weighted by Gasteiger charge is -2.23. The minimum absolute atomic E-state index is 0.102. The number of allylic oxidation sites excluding steroid dienone is 4. The minimum atomic E-state index is -0.771. The lowest BCUT2D eigenvalue weighted by atomic mass is 9.79. The zero-order valence-corrected chi connectivity index (χ0v) is 17.4. The van der Waals surface area contributed by atoms with Crippen molar-refractivity contribution in [1.29, 1.82) is 0 Å². The first-order valence-electron chi connectivity index (χ1n) is 9.37. The number of benzene rings is 1. The number of nitrogens with two attached hydrogens (primary N) is 3. The molecule has 1 amide bonds. The molecule has 0 saturated heterocycles. The molecule has 1 unspecified atom stereocenters. The van der Waals surface area contributed by atoms with Crippen molar-refractivity contribution in [2.45, 2.75) is 39.5 Å². The monoisotopic (exact) mass is 395 g/mol. The summed E-state index contributed by atoms with van der Waals surface area (Å²) < 4.78 is 0. The lowest BCUT2D eigenvalue weighted by molar-refractivity contribution is -0.121. The molecular formula is C23H29N3O3. The van der Waals surface area contributed by atoms with Crippen LogP contribution in [-0.4, -0.2) is 5.91 Å². The van der Waals surface area contributed by atoms with Gasteiger partial charge in [0.05, 0.1) is 5.41 Å². The smallest absolute Gasteiger partial charge is 0.253 e. The van der Waals surface area contributed by atoms with Crippen LogP contribution in [-0.2, 0) is 10.2 Å². The van der Waals surface area contributed by atoms with Crippen LogP contribution < -0.4 is 28.1 Å². The molecule has 1 atom stereocenters. The number of anilines is 2. The maximum absolute atomic E-state index is 12.0. The zero-order valence-electron chi connectivity index (χ0n) is 17.4. The fourth-order valence-electron chi connectivity index (χ4n) is 3.09. The molecule has 0 bridgehead atoms. The van der Waals surface area contributed by atoms with Crippen molar-refractivity contribution < 1.29 is 4.79 Å². The third-order valence-corrected chi connectivity index (χ3v) is 4.64. The molecule has 0 heterocycles. The highest BCUT2D eigenvalue weighted by molar-refractivity contribution is 6.04. The second-order valence-electron chi connectivity index (χ2n) is 6.75. The van der Waals surface area contributed by atoms with Gasteiger partial charge in [0, 0.05) is 0 Å². The summed E-state index contributed by atoms with van der Waals surface area (Å²) in [6.45, 7) is 11.8. The summed E-state index contributed by atoms with van der Waals surface area (Å²) in [5.41, 5.74) is 17.3. The summed E-state index contributed by atoms with van der Waals surface area (Å²) in [6, 6.07) is 7.90. The van der Waals surface area contributed by atoms with Gasteiger partial charge >= 0.3 is 0 Å². The molecule has 6 nitrogen and oxygen atoms in total. The van der Waals surface area contributed by atoms with E-state index in [0.29, 0.717) is 0 Å². The van der Waals surface area contributed by atoms with Gasteiger partial charge in [0.25, 0.3) is 10.9 Å². The molecular weight excluding hydrogens is 366 g/mol. The van der Waals surface area contributed by atoms with Gasteiger partial charge in [-0.3, -0.25) is 14.4 Å². The van der Waals surface area contributed by atoms with Crippen LogP contribution in [0.15, 0.2) is 64.2 Å². The van der Waals surface area contributed by atoms with Crippen LogP contribution in [0, 0.1) is 0 Å². The molecule has 2 aromatic rings. The average molecular weight is 396 g/mol. The molecule has 0 fully saturated rings. The Morgan fingerprint density at radius 1 is 1.10 bits per heavy atom. The van der Waals surface area contributed by atoms with E-state index in [0.717, 1.165) is 22.3 Å². The average Bonchev–Trinajstić information content (AvgIpc) is 2.97. The molecule has 6 N–H and O–H groups in total. The van der Waals surface area contributed by atoms with E-state index in [2.05, 4.69) is 20.4 Å². The number of primary amides is 1. The molecule has 0 spiro atoms. The second kappa shape index (κ2) is 9.68. The number of hydrogen-bond donors (Lipinski definition) is 3. The summed E-state index contributed by atoms with van der Waals surface area (Å²) >= 11 is 0. The second-order valence-corrected chi connectivity index (χ2v) is 6.75. The van der Waals surface area contributed by atoms with Gasteiger partial charge in [0.15, 0.2) is 0 Å². The first kappa shape index (κ1) is 23.6. The lowest BCUT2D eigenvalue weighted by Crippen LogP contribution is -2.37. The van der Waals surface area contributed by atoms with Crippen molar-refractivity contribution in [3.63, 3.8) is 0 Å². The number of hydrogen-bond acceptors (Lipinski definition) is 5.